The SMILES string of the molecule is Cc1nc2sc(C(c3ccc([N+](=O)[O-])cc3)N3CCCC(C)C3)c(O)n2n1. The van der Waals surface area contributed by atoms with E-state index < -0.39 is 4.92 Å². The van der Waals surface area contributed by atoms with Crippen LogP contribution in [0.15, 0.2) is 24.3 Å². The number of rotatable bonds is 4. The highest BCUT2D eigenvalue weighted by Crippen LogP contribution is 2.41. The predicted molar refractivity (Wildman–Crippen MR) is 102 cm³/mol. The number of non-ortho nitro benzene ring substituents is 1. The van der Waals surface area contributed by atoms with E-state index in [0.717, 1.165) is 30.0 Å². The Labute approximate surface area is 160 Å². The topological polar surface area (TPSA) is 96.8 Å². The van der Waals surface area contributed by atoms with Crippen molar-refractivity contribution in [3.8, 4) is 5.88 Å². The van der Waals surface area contributed by atoms with Crippen molar-refractivity contribution in [2.45, 2.75) is 32.7 Å². The largest absolute Gasteiger partial charge is 0.492 e. The Kier molecular flexibility index (Phi) is 4.56. The van der Waals surface area contributed by atoms with Crippen LogP contribution in [0.25, 0.3) is 4.96 Å². The molecule has 0 amide bonds. The summed E-state index contributed by atoms with van der Waals surface area (Å²) in [6.07, 6.45) is 2.27. The minimum Gasteiger partial charge on any atom is -0.492 e. The molecule has 2 aromatic heterocycles. The Morgan fingerprint density at radius 3 is 2.74 bits per heavy atom. The maximum Gasteiger partial charge on any atom is 0.269 e. The molecule has 27 heavy (non-hydrogen) atoms. The zero-order valence-corrected chi connectivity index (χ0v) is 16.0. The summed E-state index contributed by atoms with van der Waals surface area (Å²) in [6.45, 7) is 5.84. The minimum absolute atomic E-state index is 0.0620. The molecule has 4 rings (SSSR count). The fourth-order valence-corrected chi connectivity index (χ4v) is 4.96. The lowest BCUT2D eigenvalue weighted by Crippen LogP contribution is -2.37. The summed E-state index contributed by atoms with van der Waals surface area (Å²) in [7, 11) is 0. The average Bonchev–Trinajstić information content (AvgIpc) is 3.14. The molecule has 1 N–H and O–H groups in total. The van der Waals surface area contributed by atoms with Crippen molar-refractivity contribution in [1.82, 2.24) is 19.5 Å². The van der Waals surface area contributed by atoms with Gasteiger partial charge in [0, 0.05) is 18.7 Å². The number of aromatic hydroxyl groups is 1. The maximum absolute atomic E-state index is 11.0. The van der Waals surface area contributed by atoms with Gasteiger partial charge in [-0.25, -0.2) is 4.98 Å². The number of benzene rings is 1. The van der Waals surface area contributed by atoms with Crippen LogP contribution in [0.4, 0.5) is 5.69 Å². The smallest absolute Gasteiger partial charge is 0.269 e. The lowest BCUT2D eigenvalue weighted by molar-refractivity contribution is -0.384. The Balaban J connectivity index is 1.80. The fraction of sp³-hybridized carbons (Fsp3) is 0.444. The highest BCUT2D eigenvalue weighted by Gasteiger charge is 2.32. The van der Waals surface area contributed by atoms with Crippen LogP contribution in [0.1, 0.15) is 42.1 Å². The number of likely N-dealkylation sites (tertiary alicyclic amines) is 1. The summed E-state index contributed by atoms with van der Waals surface area (Å²) in [6, 6.07) is 6.43. The number of nitrogens with zero attached hydrogens (tertiary/aromatic N) is 5. The Hall–Kier alpha value is -2.52. The van der Waals surface area contributed by atoms with Crippen LogP contribution in [0.5, 0.6) is 5.88 Å². The van der Waals surface area contributed by atoms with Crippen LogP contribution in [0.2, 0.25) is 0 Å². The molecule has 0 bridgehead atoms. The molecular weight excluding hydrogens is 366 g/mol. The van der Waals surface area contributed by atoms with Gasteiger partial charge in [0.25, 0.3) is 5.69 Å². The van der Waals surface area contributed by atoms with Crippen molar-refractivity contribution in [2.24, 2.45) is 5.92 Å². The Bertz CT molecular complexity index is 981. The lowest BCUT2D eigenvalue weighted by Gasteiger charge is -2.37. The quantitative estimate of drug-likeness (QED) is 0.543. The van der Waals surface area contributed by atoms with Gasteiger partial charge < -0.3 is 5.11 Å². The molecule has 1 aliphatic rings. The van der Waals surface area contributed by atoms with Crippen LogP contribution in [0, 0.1) is 23.0 Å². The zero-order valence-electron chi connectivity index (χ0n) is 15.2. The number of nitro groups is 1. The van der Waals surface area contributed by atoms with E-state index in [0.29, 0.717) is 16.7 Å². The molecule has 2 unspecified atom stereocenters. The van der Waals surface area contributed by atoms with E-state index in [-0.39, 0.29) is 17.6 Å². The zero-order chi connectivity index (χ0) is 19.1. The van der Waals surface area contributed by atoms with E-state index in [2.05, 4.69) is 21.9 Å². The van der Waals surface area contributed by atoms with Gasteiger partial charge in [-0.2, -0.15) is 4.52 Å². The Morgan fingerprint density at radius 2 is 2.11 bits per heavy atom. The van der Waals surface area contributed by atoms with Gasteiger partial charge in [-0.3, -0.25) is 15.0 Å². The molecule has 0 spiro atoms. The number of thiazole rings is 1. The van der Waals surface area contributed by atoms with Crippen molar-refractivity contribution < 1.29 is 10.0 Å². The van der Waals surface area contributed by atoms with Gasteiger partial charge in [0.15, 0.2) is 0 Å². The Morgan fingerprint density at radius 1 is 1.37 bits per heavy atom. The van der Waals surface area contributed by atoms with Crippen molar-refractivity contribution in [3.63, 3.8) is 0 Å². The van der Waals surface area contributed by atoms with Crippen LogP contribution >= 0.6 is 11.3 Å². The standard InChI is InChI=1S/C18H21N5O3S/c1-11-4-3-9-21(10-11)15(13-5-7-14(8-6-13)23(25)26)16-17(24)22-18(27-16)19-12(2)20-22/h5-8,11,15,24H,3-4,9-10H2,1-2H3. The summed E-state index contributed by atoms with van der Waals surface area (Å²) in [5.74, 6) is 1.27. The second kappa shape index (κ2) is 6.90. The predicted octanol–water partition coefficient (Wildman–Crippen LogP) is 3.53. The molecule has 142 valence electrons. The second-order valence-electron chi connectivity index (χ2n) is 7.14. The molecule has 0 aliphatic carbocycles. The van der Waals surface area contributed by atoms with Crippen LogP contribution in [0.3, 0.4) is 0 Å². The van der Waals surface area contributed by atoms with Gasteiger partial charge in [-0.05, 0) is 37.8 Å². The lowest BCUT2D eigenvalue weighted by atomic mass is 9.95. The molecule has 1 saturated heterocycles. The molecule has 8 nitrogen and oxygen atoms in total. The van der Waals surface area contributed by atoms with Crippen molar-refractivity contribution >= 4 is 22.0 Å². The van der Waals surface area contributed by atoms with Crippen molar-refractivity contribution in [1.29, 1.82) is 0 Å². The maximum atomic E-state index is 11.0. The first-order valence-corrected chi connectivity index (χ1v) is 9.79. The molecule has 3 aromatic rings. The van der Waals surface area contributed by atoms with E-state index in [1.165, 1.54) is 34.4 Å². The molecule has 0 saturated carbocycles. The first-order chi connectivity index (χ1) is 12.9. The van der Waals surface area contributed by atoms with Crippen LogP contribution in [-0.2, 0) is 0 Å². The van der Waals surface area contributed by atoms with Gasteiger partial charge in [-0.1, -0.05) is 30.4 Å². The first kappa shape index (κ1) is 17.9. The third kappa shape index (κ3) is 3.28. The molecule has 1 aromatic carbocycles. The van der Waals surface area contributed by atoms with E-state index in [4.69, 9.17) is 0 Å². The first-order valence-electron chi connectivity index (χ1n) is 8.97. The number of aromatic nitrogens is 3. The molecule has 9 heteroatoms. The highest BCUT2D eigenvalue weighted by atomic mass is 32.1. The number of piperidine rings is 1. The van der Waals surface area contributed by atoms with E-state index in [1.54, 1.807) is 19.1 Å². The van der Waals surface area contributed by atoms with Gasteiger partial charge in [0.1, 0.15) is 5.82 Å². The minimum atomic E-state index is -0.398. The molecular formula is C18H21N5O3S. The molecule has 2 atom stereocenters. The van der Waals surface area contributed by atoms with Gasteiger partial charge in [0.2, 0.25) is 10.8 Å². The van der Waals surface area contributed by atoms with Gasteiger partial charge >= 0.3 is 0 Å². The summed E-state index contributed by atoms with van der Waals surface area (Å²) in [4.78, 5) is 18.7. The van der Waals surface area contributed by atoms with E-state index in [1.807, 2.05) is 0 Å². The number of nitro benzene ring substituents is 1. The normalized spacial score (nSPS) is 19.4. The molecule has 0 radical (unpaired) electrons. The molecule has 1 aliphatic heterocycles. The number of hydrogen-bond acceptors (Lipinski definition) is 7. The third-order valence-electron chi connectivity index (χ3n) is 5.03. The monoisotopic (exact) mass is 387 g/mol. The average molecular weight is 387 g/mol. The van der Waals surface area contributed by atoms with E-state index in [9.17, 15) is 15.2 Å². The summed E-state index contributed by atoms with van der Waals surface area (Å²) < 4.78 is 1.47. The summed E-state index contributed by atoms with van der Waals surface area (Å²) >= 11 is 1.42. The number of hydrogen-bond donors (Lipinski definition) is 1. The van der Waals surface area contributed by atoms with Gasteiger partial charge in [-0.15, -0.1) is 5.10 Å². The second-order valence-corrected chi connectivity index (χ2v) is 8.15. The third-order valence-corrected chi connectivity index (χ3v) is 6.10. The van der Waals surface area contributed by atoms with Crippen molar-refractivity contribution in [3.05, 3.63) is 50.6 Å². The highest BCUT2D eigenvalue weighted by molar-refractivity contribution is 7.17. The summed E-state index contributed by atoms with van der Waals surface area (Å²) in [5, 5.41) is 26.1. The van der Waals surface area contributed by atoms with Crippen LogP contribution in [-0.4, -0.2) is 42.6 Å². The molecule has 1 fully saturated rings. The van der Waals surface area contributed by atoms with E-state index >= 15 is 0 Å². The number of fused-ring (bicyclic) bond motifs is 1. The molecule has 3 heterocycles. The number of aryl methyl sites for hydroxylation is 1. The van der Waals surface area contributed by atoms with Crippen LogP contribution < -0.4 is 0 Å². The fourth-order valence-electron chi connectivity index (χ4n) is 3.79. The van der Waals surface area contributed by atoms with Gasteiger partial charge in [0.05, 0.1) is 15.8 Å². The summed E-state index contributed by atoms with van der Waals surface area (Å²) in [5.41, 5.74) is 0.984. The van der Waals surface area contributed by atoms with Crippen molar-refractivity contribution in [2.75, 3.05) is 13.1 Å².